The van der Waals surface area contributed by atoms with Crippen LogP contribution >= 0.6 is 0 Å². The van der Waals surface area contributed by atoms with E-state index >= 15 is 0 Å². The molecule has 0 saturated carbocycles. The van der Waals surface area contributed by atoms with Crippen molar-refractivity contribution < 1.29 is 35.6 Å². The number of alkyl halides is 2. The lowest BCUT2D eigenvalue weighted by atomic mass is 9.88. The van der Waals surface area contributed by atoms with Crippen molar-refractivity contribution in [2.45, 2.75) is 101 Å². The summed E-state index contributed by atoms with van der Waals surface area (Å²) < 4.78 is 86.1. The molecule has 260 valence electrons. The maximum atomic E-state index is 14.7. The summed E-state index contributed by atoms with van der Waals surface area (Å²) in [7, 11) is -3.56. The number of hydrogen-bond donors (Lipinski definition) is 0. The van der Waals surface area contributed by atoms with Gasteiger partial charge in [0, 0.05) is 18.3 Å². The summed E-state index contributed by atoms with van der Waals surface area (Å²) >= 11 is 0. The van der Waals surface area contributed by atoms with Gasteiger partial charge in [0.05, 0.1) is 52.4 Å². The van der Waals surface area contributed by atoms with Gasteiger partial charge in [0.25, 0.3) is 10.0 Å². The molecule has 1 aromatic carbocycles. The second-order valence-electron chi connectivity index (χ2n) is 12.0. The average Bonchev–Trinajstić information content (AvgIpc) is 3.46. The van der Waals surface area contributed by atoms with Crippen molar-refractivity contribution >= 4 is 31.9 Å². The number of fused-ring (bicyclic) bond motifs is 1. The van der Waals surface area contributed by atoms with E-state index in [1.165, 1.54) is 69.0 Å². The van der Waals surface area contributed by atoms with Crippen LogP contribution in [-0.2, 0) is 26.6 Å². The Hall–Kier alpha value is -3.58. The highest BCUT2D eigenvalue weighted by Gasteiger charge is 2.30. The Morgan fingerprint density at radius 1 is 0.917 bits per heavy atom. The topological polar surface area (TPSA) is 110 Å². The van der Waals surface area contributed by atoms with Gasteiger partial charge in [-0.05, 0) is 75.1 Å². The Bertz CT molecular complexity index is 1820. The molecule has 0 N–H and O–H groups in total. The highest BCUT2D eigenvalue weighted by molar-refractivity contribution is 7.94. The Kier molecular flexibility index (Phi) is 12.4. The molecule has 1 atom stereocenters. The summed E-state index contributed by atoms with van der Waals surface area (Å²) in [5.41, 5.74) is 2.99. The normalized spacial score (nSPS) is 17.7. The fourth-order valence-corrected chi connectivity index (χ4v) is 9.40. The number of methoxy groups -OCH3 is 2. The van der Waals surface area contributed by atoms with Crippen molar-refractivity contribution in [1.82, 2.24) is 13.9 Å². The van der Waals surface area contributed by atoms with Gasteiger partial charge in [0.2, 0.25) is 5.16 Å². The molecule has 0 aliphatic heterocycles. The third kappa shape index (κ3) is 8.52. The van der Waals surface area contributed by atoms with E-state index < -0.39 is 27.4 Å². The Morgan fingerprint density at radius 3 is 2.35 bits per heavy atom. The van der Waals surface area contributed by atoms with Crippen molar-refractivity contribution in [2.75, 3.05) is 14.2 Å². The molecule has 0 radical (unpaired) electrons. The van der Waals surface area contributed by atoms with Gasteiger partial charge in [0.15, 0.2) is 11.5 Å². The molecule has 2 aromatic heterocycles. The zero-order valence-electron chi connectivity index (χ0n) is 27.5. The van der Waals surface area contributed by atoms with Crippen LogP contribution in [0.1, 0.15) is 89.2 Å². The highest BCUT2D eigenvalue weighted by Crippen LogP contribution is 2.34. The van der Waals surface area contributed by atoms with Crippen molar-refractivity contribution in [3.05, 3.63) is 70.4 Å². The monoisotopic (exact) mass is 703 g/mol. The summed E-state index contributed by atoms with van der Waals surface area (Å²) in [6.07, 6.45) is 20.1. The van der Waals surface area contributed by atoms with Crippen molar-refractivity contribution in [3.8, 4) is 17.2 Å². The van der Waals surface area contributed by atoms with E-state index in [-0.39, 0.29) is 44.0 Å². The van der Waals surface area contributed by atoms with E-state index in [0.717, 1.165) is 61.8 Å². The van der Waals surface area contributed by atoms with Gasteiger partial charge in [-0.1, -0.05) is 49.8 Å². The number of nitrogens with zero attached hydrogens (tertiary/aromatic N) is 3. The third-order valence-electron chi connectivity index (χ3n) is 8.76. The highest BCUT2D eigenvalue weighted by atomic mass is 32.2. The van der Waals surface area contributed by atoms with Crippen LogP contribution in [0.4, 0.5) is 8.78 Å². The lowest BCUT2D eigenvalue weighted by Crippen LogP contribution is -2.19. The Morgan fingerprint density at radius 2 is 1.62 bits per heavy atom. The van der Waals surface area contributed by atoms with Gasteiger partial charge in [0.1, 0.15) is 5.75 Å². The minimum Gasteiger partial charge on any atom is -0.493 e. The van der Waals surface area contributed by atoms with Gasteiger partial charge >= 0.3 is 6.61 Å². The maximum absolute atomic E-state index is 14.7. The summed E-state index contributed by atoms with van der Waals surface area (Å²) in [6.45, 7) is -3.09. The molecule has 0 saturated heterocycles. The maximum Gasteiger partial charge on any atom is 0.387 e. The molecule has 3 aromatic rings. The number of aromatic nitrogens is 3. The number of halogens is 2. The lowest BCUT2D eigenvalue weighted by molar-refractivity contribution is -0.0497. The van der Waals surface area contributed by atoms with Gasteiger partial charge < -0.3 is 14.2 Å². The molecule has 0 bridgehead atoms. The molecule has 13 heteroatoms. The van der Waals surface area contributed by atoms with E-state index in [4.69, 9.17) is 9.47 Å². The molecule has 2 aliphatic carbocycles. The molecular weight excluding hydrogens is 661 g/mol. The van der Waals surface area contributed by atoms with Crippen LogP contribution in [0, 0.1) is 0 Å². The lowest BCUT2D eigenvalue weighted by Gasteiger charge is -2.19. The summed E-state index contributed by atoms with van der Waals surface area (Å²) in [4.78, 5) is 8.81. The first-order valence-electron chi connectivity index (χ1n) is 16.5. The van der Waals surface area contributed by atoms with Gasteiger partial charge in [-0.2, -0.15) is 8.78 Å². The van der Waals surface area contributed by atoms with Gasteiger partial charge in [-0.25, -0.2) is 17.4 Å². The van der Waals surface area contributed by atoms with Crippen LogP contribution < -0.4 is 14.2 Å². The van der Waals surface area contributed by atoms with Crippen molar-refractivity contribution in [2.24, 2.45) is 0 Å². The van der Waals surface area contributed by atoms with E-state index in [0.29, 0.717) is 12.2 Å². The zero-order chi connectivity index (χ0) is 34.1. The van der Waals surface area contributed by atoms with E-state index in [1.807, 2.05) is 6.08 Å². The standard InChI is InChI=1S/C35H43F2N3O6S2/c1-44-32-21-22-38-30(33(32)45-2)24-47(41)35-39-29-23-27(46-34(36)37)18-20-31(29)40(35)48(42,43)28-16-10-8-6-4-3-5-7-9-13-25-14-11-12-15-26(25)17-19-28/h16-23,34H,3-15,24H2,1-2H3. The first kappa shape index (κ1) is 35.7. The van der Waals surface area contributed by atoms with E-state index in [2.05, 4.69) is 14.7 Å². The first-order valence-corrected chi connectivity index (χ1v) is 19.2. The fraction of sp³-hybridized carbons (Fsp3) is 0.486. The number of rotatable bonds is 9. The molecule has 0 spiro atoms. The van der Waals surface area contributed by atoms with Crippen molar-refractivity contribution in [1.29, 1.82) is 0 Å². The van der Waals surface area contributed by atoms with Crippen molar-refractivity contribution in [3.63, 3.8) is 0 Å². The molecule has 2 aliphatic rings. The fourth-order valence-electron chi connectivity index (χ4n) is 6.35. The average molecular weight is 704 g/mol. The van der Waals surface area contributed by atoms with Crippen LogP contribution in [-0.4, -0.2) is 47.4 Å². The van der Waals surface area contributed by atoms with Crippen LogP contribution in [0.5, 0.6) is 17.2 Å². The Balaban J connectivity index is 1.63. The number of pyridine rings is 1. The SMILES string of the molecule is COc1ccnc(CS(=O)c2nc3cc(OC(F)F)ccc3n2S(=O)(=O)C2=CCCCCCCCCCC3=C(C=C2)CCCC3)c1OC. The molecule has 5 rings (SSSR count). The van der Waals surface area contributed by atoms with Crippen LogP contribution in [0.15, 0.2) is 69.9 Å². The molecule has 2 heterocycles. The van der Waals surface area contributed by atoms with Crippen LogP contribution in [0.3, 0.4) is 0 Å². The van der Waals surface area contributed by atoms with Gasteiger partial charge in [-0.15, -0.1) is 0 Å². The second kappa shape index (κ2) is 16.7. The van der Waals surface area contributed by atoms with E-state index in [1.54, 1.807) is 18.2 Å². The Labute approximate surface area is 283 Å². The van der Waals surface area contributed by atoms with Crippen LogP contribution in [0.2, 0.25) is 0 Å². The zero-order valence-corrected chi connectivity index (χ0v) is 29.1. The smallest absolute Gasteiger partial charge is 0.387 e. The van der Waals surface area contributed by atoms with Crippen LogP contribution in [0.25, 0.3) is 11.0 Å². The molecule has 0 fully saturated rings. The number of benzene rings is 1. The first-order chi connectivity index (χ1) is 23.2. The largest absolute Gasteiger partial charge is 0.493 e. The molecule has 48 heavy (non-hydrogen) atoms. The summed E-state index contributed by atoms with van der Waals surface area (Å²) in [5, 5.41) is -0.270. The second-order valence-corrected chi connectivity index (χ2v) is 15.1. The number of imidazole rings is 1. The third-order valence-corrected chi connectivity index (χ3v) is 11.8. The predicted molar refractivity (Wildman–Crippen MR) is 182 cm³/mol. The minimum atomic E-state index is -4.38. The molecular formula is C35H43F2N3O6S2. The number of ether oxygens (including phenoxy) is 3. The number of hydrogen-bond acceptors (Lipinski definition) is 8. The number of allylic oxidation sites excluding steroid dienone is 5. The summed E-state index contributed by atoms with van der Waals surface area (Å²) in [6, 6.07) is 5.41. The van der Waals surface area contributed by atoms with E-state index in [9.17, 15) is 21.4 Å². The molecule has 9 nitrogen and oxygen atoms in total. The minimum absolute atomic E-state index is 0.0460. The summed E-state index contributed by atoms with van der Waals surface area (Å²) in [5.74, 6) is 0.190. The molecule has 0 amide bonds. The van der Waals surface area contributed by atoms with Gasteiger partial charge in [-0.3, -0.25) is 9.19 Å². The molecule has 1 unspecified atom stereocenters. The predicted octanol–water partition coefficient (Wildman–Crippen LogP) is 8.37. The quantitative estimate of drug-likeness (QED) is 0.219.